The summed E-state index contributed by atoms with van der Waals surface area (Å²) in [4.78, 5) is 11.0. The standard InChI is InChI=1S/C11H14F2N2O/c1-14-7-11(16)15-6-5-8-9(12)3-2-4-10(8)13/h2-4,14H,5-7H2,1H3,(H,15,16). The van der Waals surface area contributed by atoms with E-state index in [9.17, 15) is 13.6 Å². The molecule has 0 saturated carbocycles. The number of hydrogen-bond donors (Lipinski definition) is 2. The quantitative estimate of drug-likeness (QED) is 0.784. The summed E-state index contributed by atoms with van der Waals surface area (Å²) in [6.07, 6.45) is 0.147. The van der Waals surface area contributed by atoms with E-state index < -0.39 is 11.6 Å². The smallest absolute Gasteiger partial charge is 0.233 e. The second kappa shape index (κ2) is 6.17. The zero-order valence-corrected chi connectivity index (χ0v) is 9.02. The summed E-state index contributed by atoms with van der Waals surface area (Å²) in [5.74, 6) is -1.36. The Labute approximate surface area is 92.8 Å². The van der Waals surface area contributed by atoms with Crippen LogP contribution in [0.2, 0.25) is 0 Å². The summed E-state index contributed by atoms with van der Waals surface area (Å²) in [5, 5.41) is 5.23. The molecule has 1 aromatic rings. The SMILES string of the molecule is CNCC(=O)NCCc1c(F)cccc1F. The van der Waals surface area contributed by atoms with Crippen molar-refractivity contribution in [3.05, 3.63) is 35.4 Å². The van der Waals surface area contributed by atoms with Crippen LogP contribution >= 0.6 is 0 Å². The van der Waals surface area contributed by atoms with E-state index in [0.29, 0.717) is 0 Å². The number of benzene rings is 1. The lowest BCUT2D eigenvalue weighted by molar-refractivity contribution is -0.120. The maximum absolute atomic E-state index is 13.2. The second-order valence-electron chi connectivity index (χ2n) is 3.33. The minimum atomic E-state index is -0.581. The van der Waals surface area contributed by atoms with Crippen LogP contribution in [0.4, 0.5) is 8.78 Å². The predicted octanol–water partition coefficient (Wildman–Crippen LogP) is 0.843. The zero-order valence-electron chi connectivity index (χ0n) is 9.02. The fourth-order valence-corrected chi connectivity index (χ4v) is 1.32. The summed E-state index contributed by atoms with van der Waals surface area (Å²) in [6, 6.07) is 3.72. The van der Waals surface area contributed by atoms with E-state index in [0.717, 1.165) is 0 Å². The van der Waals surface area contributed by atoms with Crippen molar-refractivity contribution in [1.82, 2.24) is 10.6 Å². The van der Waals surface area contributed by atoms with Crippen molar-refractivity contribution >= 4 is 5.91 Å². The van der Waals surface area contributed by atoms with E-state index in [1.807, 2.05) is 0 Å². The molecule has 0 aromatic heterocycles. The number of carbonyl (C=O) groups is 1. The summed E-state index contributed by atoms with van der Waals surface area (Å²) in [7, 11) is 1.65. The molecule has 0 spiro atoms. The molecular formula is C11H14F2N2O. The van der Waals surface area contributed by atoms with Crippen molar-refractivity contribution in [2.24, 2.45) is 0 Å². The third kappa shape index (κ3) is 3.58. The Balaban J connectivity index is 2.46. The first-order valence-electron chi connectivity index (χ1n) is 4.99. The maximum Gasteiger partial charge on any atom is 0.233 e. The molecule has 16 heavy (non-hydrogen) atoms. The highest BCUT2D eigenvalue weighted by molar-refractivity contribution is 5.77. The monoisotopic (exact) mass is 228 g/mol. The number of rotatable bonds is 5. The lowest BCUT2D eigenvalue weighted by Gasteiger charge is -2.06. The molecule has 0 fully saturated rings. The van der Waals surface area contributed by atoms with E-state index in [1.54, 1.807) is 7.05 Å². The molecule has 0 atom stereocenters. The molecule has 3 nitrogen and oxygen atoms in total. The van der Waals surface area contributed by atoms with Crippen molar-refractivity contribution in [3.8, 4) is 0 Å². The molecule has 0 heterocycles. The van der Waals surface area contributed by atoms with E-state index >= 15 is 0 Å². The molecule has 2 N–H and O–H groups in total. The molecular weight excluding hydrogens is 214 g/mol. The minimum absolute atomic E-state index is 0.00672. The third-order valence-electron chi connectivity index (χ3n) is 2.10. The zero-order chi connectivity index (χ0) is 12.0. The normalized spacial score (nSPS) is 10.2. The average molecular weight is 228 g/mol. The fourth-order valence-electron chi connectivity index (χ4n) is 1.32. The van der Waals surface area contributed by atoms with Crippen LogP contribution in [0.25, 0.3) is 0 Å². The first kappa shape index (κ1) is 12.6. The molecule has 1 aromatic carbocycles. The Morgan fingerprint density at radius 2 is 1.94 bits per heavy atom. The molecule has 1 amide bonds. The van der Waals surface area contributed by atoms with E-state index in [4.69, 9.17) is 0 Å². The van der Waals surface area contributed by atoms with Gasteiger partial charge >= 0.3 is 0 Å². The Bertz CT molecular complexity index is 349. The predicted molar refractivity (Wildman–Crippen MR) is 57.0 cm³/mol. The number of hydrogen-bond acceptors (Lipinski definition) is 2. The first-order valence-corrected chi connectivity index (χ1v) is 4.99. The molecule has 1 rings (SSSR count). The van der Waals surface area contributed by atoms with Gasteiger partial charge in [-0.25, -0.2) is 8.78 Å². The van der Waals surface area contributed by atoms with Crippen molar-refractivity contribution in [2.75, 3.05) is 20.1 Å². The molecule has 0 radical (unpaired) electrons. The van der Waals surface area contributed by atoms with Gasteiger partial charge < -0.3 is 10.6 Å². The highest BCUT2D eigenvalue weighted by Gasteiger charge is 2.08. The topological polar surface area (TPSA) is 41.1 Å². The Kier molecular flexibility index (Phi) is 4.85. The van der Waals surface area contributed by atoms with Crippen molar-refractivity contribution < 1.29 is 13.6 Å². The van der Waals surface area contributed by atoms with Gasteiger partial charge in [0.25, 0.3) is 0 Å². The van der Waals surface area contributed by atoms with Crippen LogP contribution in [0.5, 0.6) is 0 Å². The van der Waals surface area contributed by atoms with Crippen LogP contribution in [-0.2, 0) is 11.2 Å². The second-order valence-corrected chi connectivity index (χ2v) is 3.33. The van der Waals surface area contributed by atoms with Crippen LogP contribution in [0.1, 0.15) is 5.56 Å². The fraction of sp³-hybridized carbons (Fsp3) is 0.364. The lowest BCUT2D eigenvalue weighted by atomic mass is 10.1. The Morgan fingerprint density at radius 3 is 2.50 bits per heavy atom. The lowest BCUT2D eigenvalue weighted by Crippen LogP contribution is -2.33. The van der Waals surface area contributed by atoms with Crippen molar-refractivity contribution in [3.63, 3.8) is 0 Å². The van der Waals surface area contributed by atoms with Gasteiger partial charge in [-0.15, -0.1) is 0 Å². The van der Waals surface area contributed by atoms with Crippen LogP contribution in [0.15, 0.2) is 18.2 Å². The summed E-state index contributed by atoms with van der Waals surface area (Å²) < 4.78 is 26.3. The molecule has 0 bridgehead atoms. The van der Waals surface area contributed by atoms with E-state index in [2.05, 4.69) is 10.6 Å². The van der Waals surface area contributed by atoms with Crippen LogP contribution < -0.4 is 10.6 Å². The molecule has 0 unspecified atom stereocenters. The first-order chi connectivity index (χ1) is 7.65. The van der Waals surface area contributed by atoms with Crippen LogP contribution in [-0.4, -0.2) is 26.0 Å². The number of amides is 1. The highest BCUT2D eigenvalue weighted by Crippen LogP contribution is 2.11. The number of nitrogens with one attached hydrogen (secondary N) is 2. The van der Waals surface area contributed by atoms with Gasteiger partial charge in [-0.05, 0) is 25.6 Å². The van der Waals surface area contributed by atoms with Gasteiger partial charge in [-0.3, -0.25) is 4.79 Å². The number of likely N-dealkylation sites (N-methyl/N-ethyl adjacent to an activating group) is 1. The van der Waals surface area contributed by atoms with Gasteiger partial charge in [0, 0.05) is 12.1 Å². The Hall–Kier alpha value is -1.49. The van der Waals surface area contributed by atoms with Gasteiger partial charge in [-0.1, -0.05) is 6.07 Å². The Morgan fingerprint density at radius 1 is 1.31 bits per heavy atom. The average Bonchev–Trinajstić information content (AvgIpc) is 2.23. The van der Waals surface area contributed by atoms with Gasteiger partial charge in [-0.2, -0.15) is 0 Å². The third-order valence-corrected chi connectivity index (χ3v) is 2.10. The maximum atomic E-state index is 13.2. The van der Waals surface area contributed by atoms with Crippen molar-refractivity contribution in [1.29, 1.82) is 0 Å². The number of halogens is 2. The van der Waals surface area contributed by atoms with Gasteiger partial charge in [0.05, 0.1) is 6.54 Å². The van der Waals surface area contributed by atoms with Gasteiger partial charge in [0.1, 0.15) is 11.6 Å². The molecule has 0 aliphatic rings. The summed E-state index contributed by atoms with van der Waals surface area (Å²) in [6.45, 7) is 0.415. The molecule has 0 aliphatic heterocycles. The largest absolute Gasteiger partial charge is 0.355 e. The highest BCUT2D eigenvalue weighted by atomic mass is 19.1. The molecule has 0 saturated heterocycles. The van der Waals surface area contributed by atoms with Crippen molar-refractivity contribution in [2.45, 2.75) is 6.42 Å². The van der Waals surface area contributed by atoms with E-state index in [-0.39, 0.29) is 31.0 Å². The number of carbonyl (C=O) groups excluding carboxylic acids is 1. The summed E-state index contributed by atoms with van der Waals surface area (Å²) >= 11 is 0. The van der Waals surface area contributed by atoms with E-state index in [1.165, 1.54) is 18.2 Å². The van der Waals surface area contributed by atoms with Crippen LogP contribution in [0, 0.1) is 11.6 Å². The van der Waals surface area contributed by atoms with Crippen LogP contribution in [0.3, 0.4) is 0 Å². The molecule has 88 valence electrons. The van der Waals surface area contributed by atoms with Gasteiger partial charge in [0.15, 0.2) is 0 Å². The molecule has 0 aliphatic carbocycles. The minimum Gasteiger partial charge on any atom is -0.355 e. The van der Waals surface area contributed by atoms with Gasteiger partial charge in [0.2, 0.25) is 5.91 Å². The molecule has 5 heteroatoms. The summed E-state index contributed by atoms with van der Waals surface area (Å²) in [5.41, 5.74) is 0.00672.